The Morgan fingerprint density at radius 1 is 1.50 bits per heavy atom. The third-order valence-electron chi connectivity index (χ3n) is 2.39. The third-order valence-corrected chi connectivity index (χ3v) is 4.52. The largest absolute Gasteiger partial charge is 0.389 e. The molecule has 3 nitrogen and oxygen atoms in total. The van der Waals surface area contributed by atoms with E-state index in [0.717, 1.165) is 20.5 Å². The molecule has 2 aromatic rings. The van der Waals surface area contributed by atoms with E-state index in [9.17, 15) is 5.11 Å². The van der Waals surface area contributed by atoms with Crippen molar-refractivity contribution in [3.8, 4) is 6.07 Å². The van der Waals surface area contributed by atoms with Gasteiger partial charge in [0.2, 0.25) is 0 Å². The molecule has 0 radical (unpaired) electrons. The van der Waals surface area contributed by atoms with E-state index in [1.165, 1.54) is 11.8 Å². The van der Waals surface area contributed by atoms with Crippen molar-refractivity contribution in [3.63, 3.8) is 0 Å². The number of nitrogens with zero attached hydrogens (tertiary/aromatic N) is 2. The molecule has 2 rings (SSSR count). The molecule has 0 bridgehead atoms. The molecule has 0 aliphatic carbocycles. The van der Waals surface area contributed by atoms with Gasteiger partial charge in [0.15, 0.2) is 4.34 Å². The second kappa shape index (κ2) is 5.53. The summed E-state index contributed by atoms with van der Waals surface area (Å²) in [6.07, 6.45) is -0.554. The van der Waals surface area contributed by atoms with Crippen LogP contribution < -0.4 is 0 Å². The smallest absolute Gasteiger partial charge is 0.154 e. The minimum absolute atomic E-state index is 0.554. The molecule has 0 aliphatic heterocycles. The number of hydrogen-bond donors (Lipinski definition) is 1. The van der Waals surface area contributed by atoms with E-state index < -0.39 is 6.10 Å². The van der Waals surface area contributed by atoms with Crippen LogP contribution in [0, 0.1) is 18.3 Å². The lowest BCUT2D eigenvalue weighted by Gasteiger charge is -2.10. The highest BCUT2D eigenvalue weighted by atomic mass is 32.2. The summed E-state index contributed by atoms with van der Waals surface area (Å²) in [4.78, 5) is 5.27. The Balaban J connectivity index is 2.38. The summed E-state index contributed by atoms with van der Waals surface area (Å²) in [6.45, 7) is 3.67. The van der Waals surface area contributed by atoms with Gasteiger partial charge in [-0.3, -0.25) is 0 Å². The van der Waals surface area contributed by atoms with Gasteiger partial charge >= 0.3 is 0 Å². The number of thiazole rings is 1. The molecule has 0 aliphatic rings. The van der Waals surface area contributed by atoms with Crippen LogP contribution in [0.5, 0.6) is 0 Å². The Bertz CT molecular complexity index is 599. The zero-order valence-electron chi connectivity index (χ0n) is 10.0. The molecule has 0 spiro atoms. The molecule has 0 amide bonds. The lowest BCUT2D eigenvalue weighted by Crippen LogP contribution is -1.94. The van der Waals surface area contributed by atoms with E-state index in [2.05, 4.69) is 11.1 Å². The minimum Gasteiger partial charge on any atom is -0.389 e. The van der Waals surface area contributed by atoms with Crippen LogP contribution in [0.25, 0.3) is 0 Å². The molecule has 0 fully saturated rings. The predicted octanol–water partition coefficient (Wildman–Crippen LogP) is 3.53. The van der Waals surface area contributed by atoms with E-state index in [1.54, 1.807) is 36.5 Å². The number of nitriles is 1. The molecular formula is C13H12N2OS2. The van der Waals surface area contributed by atoms with Crippen LogP contribution in [0.15, 0.2) is 32.8 Å². The number of aliphatic hydroxyl groups is 1. The lowest BCUT2D eigenvalue weighted by atomic mass is 10.1. The van der Waals surface area contributed by atoms with Crippen LogP contribution in [0.1, 0.15) is 29.8 Å². The maximum absolute atomic E-state index is 9.74. The third kappa shape index (κ3) is 2.91. The Labute approximate surface area is 114 Å². The molecule has 5 heteroatoms. The predicted molar refractivity (Wildman–Crippen MR) is 72.8 cm³/mol. The summed E-state index contributed by atoms with van der Waals surface area (Å²) in [7, 11) is 0. The van der Waals surface area contributed by atoms with Crippen molar-refractivity contribution in [1.82, 2.24) is 4.98 Å². The SMILES string of the molecule is Cc1csc(Sc2cc(C#N)ccc2[C@@H](C)O)n1. The van der Waals surface area contributed by atoms with Crippen molar-refractivity contribution in [2.75, 3.05) is 0 Å². The van der Waals surface area contributed by atoms with Crippen molar-refractivity contribution in [2.45, 2.75) is 29.2 Å². The molecule has 0 saturated carbocycles. The quantitative estimate of drug-likeness (QED) is 0.931. The van der Waals surface area contributed by atoms with Gasteiger partial charge in [-0.25, -0.2) is 4.98 Å². The van der Waals surface area contributed by atoms with Gasteiger partial charge in [0.1, 0.15) is 0 Å². The fraction of sp³-hybridized carbons (Fsp3) is 0.231. The second-order valence-electron chi connectivity index (χ2n) is 3.90. The Morgan fingerprint density at radius 3 is 2.83 bits per heavy atom. The molecule has 1 heterocycles. The van der Waals surface area contributed by atoms with Crippen LogP contribution in [0.3, 0.4) is 0 Å². The summed E-state index contributed by atoms with van der Waals surface area (Å²) < 4.78 is 0.921. The standard InChI is InChI=1S/C13H12N2OS2/c1-8-7-17-13(15-8)18-12-5-10(6-14)3-4-11(12)9(2)16/h3-5,7,9,16H,1-2H3/t9-/m1/s1. The number of rotatable bonds is 3. The molecule has 1 N–H and O–H groups in total. The summed E-state index contributed by atoms with van der Waals surface area (Å²) in [5.41, 5.74) is 2.40. The van der Waals surface area contributed by atoms with E-state index in [0.29, 0.717) is 5.56 Å². The highest BCUT2D eigenvalue weighted by Gasteiger charge is 2.12. The number of aryl methyl sites for hydroxylation is 1. The van der Waals surface area contributed by atoms with Crippen molar-refractivity contribution < 1.29 is 5.11 Å². The van der Waals surface area contributed by atoms with Crippen LogP contribution in [-0.2, 0) is 0 Å². The number of aromatic nitrogens is 1. The first-order chi connectivity index (χ1) is 8.60. The van der Waals surface area contributed by atoms with Crippen molar-refractivity contribution >= 4 is 23.1 Å². The minimum atomic E-state index is -0.554. The van der Waals surface area contributed by atoms with Gasteiger partial charge in [-0.05, 0) is 31.5 Å². The highest BCUT2D eigenvalue weighted by molar-refractivity contribution is 8.01. The maximum Gasteiger partial charge on any atom is 0.154 e. The van der Waals surface area contributed by atoms with Crippen molar-refractivity contribution in [3.05, 3.63) is 40.4 Å². The number of benzene rings is 1. The molecular weight excluding hydrogens is 264 g/mol. The first kappa shape index (κ1) is 13.1. The van der Waals surface area contributed by atoms with Crippen LogP contribution in [0.2, 0.25) is 0 Å². The van der Waals surface area contributed by atoms with Crippen LogP contribution >= 0.6 is 23.1 Å². The highest BCUT2D eigenvalue weighted by Crippen LogP contribution is 2.35. The second-order valence-corrected chi connectivity index (χ2v) is 6.04. The summed E-state index contributed by atoms with van der Waals surface area (Å²) in [6, 6.07) is 7.43. The van der Waals surface area contributed by atoms with Gasteiger partial charge in [0.25, 0.3) is 0 Å². The van der Waals surface area contributed by atoms with Gasteiger partial charge in [-0.1, -0.05) is 17.8 Å². The van der Waals surface area contributed by atoms with Gasteiger partial charge in [-0.2, -0.15) is 5.26 Å². The fourth-order valence-electron chi connectivity index (χ4n) is 1.51. The Morgan fingerprint density at radius 2 is 2.28 bits per heavy atom. The normalized spacial score (nSPS) is 12.1. The van der Waals surface area contributed by atoms with Gasteiger partial charge in [-0.15, -0.1) is 11.3 Å². The van der Waals surface area contributed by atoms with Crippen molar-refractivity contribution in [2.24, 2.45) is 0 Å². The summed E-state index contributed by atoms with van der Waals surface area (Å²) in [5, 5.41) is 20.6. The van der Waals surface area contributed by atoms with Gasteiger partial charge < -0.3 is 5.11 Å². The molecule has 92 valence electrons. The molecule has 1 aromatic carbocycles. The monoisotopic (exact) mass is 276 g/mol. The van der Waals surface area contributed by atoms with E-state index >= 15 is 0 Å². The molecule has 0 unspecified atom stereocenters. The zero-order valence-corrected chi connectivity index (χ0v) is 11.7. The first-order valence-corrected chi connectivity index (χ1v) is 7.12. The van der Waals surface area contributed by atoms with Gasteiger partial charge in [0.05, 0.1) is 17.7 Å². The number of hydrogen-bond acceptors (Lipinski definition) is 5. The van der Waals surface area contributed by atoms with E-state index in [-0.39, 0.29) is 0 Å². The molecule has 1 atom stereocenters. The molecule has 1 aromatic heterocycles. The Hall–Kier alpha value is -1.35. The van der Waals surface area contributed by atoms with Gasteiger partial charge in [0, 0.05) is 16.0 Å². The van der Waals surface area contributed by atoms with Crippen molar-refractivity contribution in [1.29, 1.82) is 5.26 Å². The van der Waals surface area contributed by atoms with E-state index in [1.807, 2.05) is 12.3 Å². The summed E-state index contributed by atoms with van der Waals surface area (Å²) >= 11 is 3.05. The lowest BCUT2D eigenvalue weighted by molar-refractivity contribution is 0.196. The maximum atomic E-state index is 9.74. The molecule has 18 heavy (non-hydrogen) atoms. The van der Waals surface area contributed by atoms with Crippen LogP contribution in [-0.4, -0.2) is 10.1 Å². The first-order valence-electron chi connectivity index (χ1n) is 5.42. The Kier molecular flexibility index (Phi) is 4.02. The summed E-state index contributed by atoms with van der Waals surface area (Å²) in [5.74, 6) is 0. The van der Waals surface area contributed by atoms with Crippen LogP contribution in [0.4, 0.5) is 0 Å². The molecule has 0 saturated heterocycles. The number of aliphatic hydroxyl groups excluding tert-OH is 1. The average Bonchev–Trinajstić information content (AvgIpc) is 2.74. The topological polar surface area (TPSA) is 56.9 Å². The van der Waals surface area contributed by atoms with E-state index in [4.69, 9.17) is 5.26 Å². The fourth-order valence-corrected chi connectivity index (χ4v) is 3.56. The zero-order chi connectivity index (χ0) is 13.1. The average molecular weight is 276 g/mol.